The molecule has 0 radical (unpaired) electrons. The molecule has 1 aromatic carbocycles. The van der Waals surface area contributed by atoms with Crippen molar-refractivity contribution in [1.82, 2.24) is 9.47 Å². The van der Waals surface area contributed by atoms with Gasteiger partial charge in [0.25, 0.3) is 0 Å². The average molecular weight is 349 g/mol. The van der Waals surface area contributed by atoms with E-state index in [1.165, 1.54) is 0 Å². The first-order chi connectivity index (χ1) is 11.5. The Hall–Kier alpha value is -1.78. The van der Waals surface area contributed by atoms with Crippen LogP contribution in [0.2, 0.25) is 5.02 Å². The summed E-state index contributed by atoms with van der Waals surface area (Å²) in [7, 11) is 1.65. The maximum absolute atomic E-state index is 12.4. The molecular formula is C19H25ClN2O2. The molecule has 0 aliphatic heterocycles. The van der Waals surface area contributed by atoms with Gasteiger partial charge in [-0.15, -0.1) is 0 Å². The average Bonchev–Trinajstić information content (AvgIpc) is 2.99. The summed E-state index contributed by atoms with van der Waals surface area (Å²) < 4.78 is 7.28. The number of aromatic nitrogens is 1. The van der Waals surface area contributed by atoms with Gasteiger partial charge >= 0.3 is 0 Å². The first-order valence-electron chi connectivity index (χ1n) is 8.18. The standard InChI is InChI=1S/C19H25ClN2O2/c1-15(2)19(23)22(11-12-24-3)14-17-8-6-10-21(17)13-16-7-4-5-9-18(16)20/h4-10,15H,11-14H2,1-3H3. The molecule has 0 fully saturated rings. The summed E-state index contributed by atoms with van der Waals surface area (Å²) in [6.07, 6.45) is 2.02. The number of methoxy groups -OCH3 is 1. The highest BCUT2D eigenvalue weighted by Gasteiger charge is 2.18. The van der Waals surface area contributed by atoms with Crippen molar-refractivity contribution in [3.63, 3.8) is 0 Å². The fourth-order valence-corrected chi connectivity index (χ4v) is 2.78. The largest absolute Gasteiger partial charge is 0.383 e. The van der Waals surface area contributed by atoms with Crippen molar-refractivity contribution in [2.75, 3.05) is 20.3 Å². The van der Waals surface area contributed by atoms with Crippen molar-refractivity contribution in [2.45, 2.75) is 26.9 Å². The first-order valence-corrected chi connectivity index (χ1v) is 8.56. The van der Waals surface area contributed by atoms with Crippen molar-refractivity contribution in [3.05, 3.63) is 58.9 Å². The zero-order chi connectivity index (χ0) is 17.5. The molecule has 0 atom stereocenters. The van der Waals surface area contributed by atoms with E-state index >= 15 is 0 Å². The van der Waals surface area contributed by atoms with Crippen LogP contribution < -0.4 is 0 Å². The van der Waals surface area contributed by atoms with Gasteiger partial charge in [0.1, 0.15) is 0 Å². The SMILES string of the molecule is COCCN(Cc1cccn1Cc1ccccc1Cl)C(=O)C(C)C. The molecule has 0 unspecified atom stereocenters. The lowest BCUT2D eigenvalue weighted by Gasteiger charge is -2.25. The molecule has 0 N–H and O–H groups in total. The van der Waals surface area contributed by atoms with E-state index in [1.54, 1.807) is 7.11 Å². The van der Waals surface area contributed by atoms with E-state index in [4.69, 9.17) is 16.3 Å². The molecule has 4 nitrogen and oxygen atoms in total. The highest BCUT2D eigenvalue weighted by atomic mass is 35.5. The number of nitrogens with zero attached hydrogens (tertiary/aromatic N) is 2. The number of hydrogen-bond acceptors (Lipinski definition) is 2. The van der Waals surface area contributed by atoms with Crippen molar-refractivity contribution in [2.24, 2.45) is 5.92 Å². The van der Waals surface area contributed by atoms with Crippen LogP contribution >= 0.6 is 11.6 Å². The lowest BCUT2D eigenvalue weighted by atomic mass is 10.2. The lowest BCUT2D eigenvalue weighted by molar-refractivity contribution is -0.135. The third kappa shape index (κ3) is 4.86. The Morgan fingerprint density at radius 3 is 2.67 bits per heavy atom. The normalized spacial score (nSPS) is 11.0. The van der Waals surface area contributed by atoms with Crippen LogP contribution in [0, 0.1) is 5.92 Å². The molecule has 0 aliphatic rings. The number of halogens is 1. The van der Waals surface area contributed by atoms with Gasteiger partial charge in [-0.2, -0.15) is 0 Å². The lowest BCUT2D eigenvalue weighted by Crippen LogP contribution is -2.36. The molecule has 1 amide bonds. The maximum atomic E-state index is 12.4. The van der Waals surface area contributed by atoms with E-state index in [1.807, 2.05) is 61.3 Å². The predicted octanol–water partition coefficient (Wildman–Crippen LogP) is 3.82. The minimum absolute atomic E-state index is 0.0335. The maximum Gasteiger partial charge on any atom is 0.225 e. The zero-order valence-electron chi connectivity index (χ0n) is 14.5. The summed E-state index contributed by atoms with van der Waals surface area (Å²) in [5.41, 5.74) is 2.15. The monoisotopic (exact) mass is 348 g/mol. The van der Waals surface area contributed by atoms with Crippen LogP contribution in [0.25, 0.3) is 0 Å². The summed E-state index contributed by atoms with van der Waals surface area (Å²) >= 11 is 6.27. The predicted molar refractivity (Wildman–Crippen MR) is 97.1 cm³/mol. The zero-order valence-corrected chi connectivity index (χ0v) is 15.3. The van der Waals surface area contributed by atoms with Gasteiger partial charge in [-0.3, -0.25) is 4.79 Å². The summed E-state index contributed by atoms with van der Waals surface area (Å²) in [4.78, 5) is 14.3. The molecule has 1 heterocycles. The summed E-state index contributed by atoms with van der Waals surface area (Å²) in [5, 5.41) is 0.756. The van der Waals surface area contributed by atoms with Crippen molar-refractivity contribution >= 4 is 17.5 Å². The number of hydrogen-bond donors (Lipinski definition) is 0. The van der Waals surface area contributed by atoms with Gasteiger partial charge in [0.2, 0.25) is 5.91 Å². The fraction of sp³-hybridized carbons (Fsp3) is 0.421. The van der Waals surface area contributed by atoms with Crippen molar-refractivity contribution in [3.8, 4) is 0 Å². The van der Waals surface area contributed by atoms with Gasteiger partial charge in [0.15, 0.2) is 0 Å². The van der Waals surface area contributed by atoms with E-state index in [0.717, 1.165) is 16.3 Å². The molecule has 0 bridgehead atoms. The van der Waals surface area contributed by atoms with Crippen LogP contribution in [0.3, 0.4) is 0 Å². The molecule has 130 valence electrons. The summed E-state index contributed by atoms with van der Waals surface area (Å²) in [6, 6.07) is 11.9. The second-order valence-corrected chi connectivity index (χ2v) is 6.53. The van der Waals surface area contributed by atoms with Gasteiger partial charge in [-0.05, 0) is 23.8 Å². The first kappa shape index (κ1) is 18.6. The molecule has 0 aliphatic carbocycles. The number of rotatable bonds is 8. The van der Waals surface area contributed by atoms with Crippen LogP contribution in [0.15, 0.2) is 42.6 Å². The number of ether oxygens (including phenoxy) is 1. The third-order valence-electron chi connectivity index (χ3n) is 3.95. The van der Waals surface area contributed by atoms with Crippen LogP contribution in [0.4, 0.5) is 0 Å². The number of carbonyl (C=O) groups excluding carboxylic acids is 1. The van der Waals surface area contributed by atoms with Gasteiger partial charge < -0.3 is 14.2 Å². The molecule has 24 heavy (non-hydrogen) atoms. The van der Waals surface area contributed by atoms with Crippen LogP contribution in [0.1, 0.15) is 25.1 Å². The Morgan fingerprint density at radius 2 is 2.00 bits per heavy atom. The van der Waals surface area contributed by atoms with Gasteiger partial charge in [-0.1, -0.05) is 43.6 Å². The van der Waals surface area contributed by atoms with Gasteiger partial charge in [0.05, 0.1) is 13.2 Å². The molecule has 0 spiro atoms. The van der Waals surface area contributed by atoms with Crippen LogP contribution in [0.5, 0.6) is 0 Å². The van der Waals surface area contributed by atoms with E-state index in [2.05, 4.69) is 4.57 Å². The smallest absolute Gasteiger partial charge is 0.225 e. The Morgan fingerprint density at radius 1 is 1.25 bits per heavy atom. The second kappa shape index (κ2) is 8.90. The molecule has 1 aromatic heterocycles. The Labute approximate surface area is 149 Å². The Kier molecular flexibility index (Phi) is 6.88. The van der Waals surface area contributed by atoms with E-state index in [-0.39, 0.29) is 11.8 Å². The van der Waals surface area contributed by atoms with Gasteiger partial charge in [-0.25, -0.2) is 0 Å². The van der Waals surface area contributed by atoms with Crippen molar-refractivity contribution in [1.29, 1.82) is 0 Å². The highest BCUT2D eigenvalue weighted by Crippen LogP contribution is 2.18. The van der Waals surface area contributed by atoms with Crippen LogP contribution in [-0.4, -0.2) is 35.6 Å². The van der Waals surface area contributed by atoms with Crippen LogP contribution in [-0.2, 0) is 22.6 Å². The Bertz CT molecular complexity index is 667. The fourth-order valence-electron chi connectivity index (χ4n) is 2.59. The Balaban J connectivity index is 2.15. The number of benzene rings is 1. The quantitative estimate of drug-likeness (QED) is 0.726. The topological polar surface area (TPSA) is 34.5 Å². The van der Waals surface area contributed by atoms with Gasteiger partial charge in [0, 0.05) is 43.0 Å². The minimum atomic E-state index is -0.0335. The molecule has 0 saturated carbocycles. The van der Waals surface area contributed by atoms with E-state index < -0.39 is 0 Å². The summed E-state index contributed by atoms with van der Waals surface area (Å²) in [6.45, 7) is 6.22. The minimum Gasteiger partial charge on any atom is -0.383 e. The molecule has 0 saturated heterocycles. The van der Waals surface area contributed by atoms with Crippen molar-refractivity contribution < 1.29 is 9.53 Å². The second-order valence-electron chi connectivity index (χ2n) is 6.13. The highest BCUT2D eigenvalue weighted by molar-refractivity contribution is 6.31. The molecular weight excluding hydrogens is 324 g/mol. The third-order valence-corrected chi connectivity index (χ3v) is 4.31. The van der Waals surface area contributed by atoms with E-state index in [0.29, 0.717) is 26.2 Å². The molecule has 2 rings (SSSR count). The molecule has 5 heteroatoms. The number of amides is 1. The number of carbonyl (C=O) groups is 1. The molecule has 2 aromatic rings. The summed E-state index contributed by atoms with van der Waals surface area (Å²) in [5.74, 6) is 0.103. The van der Waals surface area contributed by atoms with E-state index in [9.17, 15) is 4.79 Å².